The second kappa shape index (κ2) is 3.46. The molecule has 0 aliphatic carbocycles. The van der Waals surface area contributed by atoms with Crippen LogP contribution in [0.3, 0.4) is 0 Å². The summed E-state index contributed by atoms with van der Waals surface area (Å²) in [4.78, 5) is 0. The fourth-order valence-corrected chi connectivity index (χ4v) is 0.419. The van der Waals surface area contributed by atoms with Crippen LogP contribution in [0.15, 0.2) is 5.10 Å². The van der Waals surface area contributed by atoms with Gasteiger partial charge in [0.25, 0.3) is 0 Å². The molecule has 0 rings (SSSR count). The molecule has 0 aromatic carbocycles. The molecule has 0 aliphatic rings. The highest BCUT2D eigenvalue weighted by atomic mass is 15.3. The molecule has 0 saturated heterocycles. The van der Waals surface area contributed by atoms with Crippen LogP contribution in [-0.4, -0.2) is 11.3 Å². The maximum Gasteiger partial charge on any atom is 0.0464 e. The summed E-state index contributed by atoms with van der Waals surface area (Å²) in [5.41, 5.74) is 4.48. The average molecular weight is 170 g/mol. The van der Waals surface area contributed by atoms with Crippen molar-refractivity contribution in [3.05, 3.63) is 0 Å². The van der Waals surface area contributed by atoms with Crippen LogP contribution in [0, 0.1) is 5.41 Å². The lowest BCUT2D eigenvalue weighted by atomic mass is 9.91. The number of rotatable bonds is 1. The van der Waals surface area contributed by atoms with Gasteiger partial charge >= 0.3 is 0 Å². The molecule has 0 aromatic heterocycles. The Hall–Kier alpha value is -0.530. The van der Waals surface area contributed by atoms with Crippen LogP contribution in [0.1, 0.15) is 48.5 Å². The Bertz CT molecular complexity index is 167. The van der Waals surface area contributed by atoms with Crippen LogP contribution < -0.4 is 5.43 Å². The van der Waals surface area contributed by atoms with Crippen LogP contribution in [0.4, 0.5) is 0 Å². The summed E-state index contributed by atoms with van der Waals surface area (Å²) in [7, 11) is 0. The molecule has 0 bridgehead atoms. The van der Waals surface area contributed by atoms with Gasteiger partial charge in [-0.25, -0.2) is 0 Å². The van der Waals surface area contributed by atoms with E-state index >= 15 is 0 Å². The molecule has 1 N–H and O–H groups in total. The van der Waals surface area contributed by atoms with Gasteiger partial charge < -0.3 is 5.43 Å². The van der Waals surface area contributed by atoms with E-state index in [1.165, 1.54) is 0 Å². The van der Waals surface area contributed by atoms with Gasteiger partial charge in [0.05, 0.1) is 0 Å². The quantitative estimate of drug-likeness (QED) is 0.475. The van der Waals surface area contributed by atoms with Crippen molar-refractivity contribution in [1.29, 1.82) is 0 Å². The van der Waals surface area contributed by atoms with Crippen molar-refractivity contribution < 1.29 is 0 Å². The van der Waals surface area contributed by atoms with Gasteiger partial charge in [0.2, 0.25) is 0 Å². The molecule has 0 heterocycles. The Balaban J connectivity index is 4.21. The predicted octanol–water partition coefficient (Wildman–Crippen LogP) is 2.80. The zero-order valence-electron chi connectivity index (χ0n) is 9.45. The summed E-state index contributed by atoms with van der Waals surface area (Å²) in [6.07, 6.45) is 0. The second-order valence-electron chi connectivity index (χ2n) is 5.31. The highest BCUT2D eigenvalue weighted by molar-refractivity contribution is 5.86. The van der Waals surface area contributed by atoms with Crippen molar-refractivity contribution in [3.63, 3.8) is 0 Å². The molecule has 12 heavy (non-hydrogen) atoms. The van der Waals surface area contributed by atoms with E-state index in [0.717, 1.165) is 5.71 Å². The molecular formula is C10H22N2. The Labute approximate surface area is 76.4 Å². The van der Waals surface area contributed by atoms with E-state index in [1.807, 2.05) is 0 Å². The fourth-order valence-electron chi connectivity index (χ4n) is 0.419. The van der Waals surface area contributed by atoms with Crippen molar-refractivity contribution in [1.82, 2.24) is 5.43 Å². The molecule has 0 amide bonds. The minimum Gasteiger partial charge on any atom is -0.305 e. The zero-order chi connectivity index (χ0) is 9.99. The molecule has 0 fully saturated rings. The Morgan fingerprint density at radius 2 is 1.42 bits per heavy atom. The first kappa shape index (κ1) is 11.5. The standard InChI is InChI=1S/C10H22N2/c1-8(9(2,3)4)11-12-10(5,6)7/h12H,1-7H3/b11-8+. The topological polar surface area (TPSA) is 24.4 Å². The molecule has 0 atom stereocenters. The molecular weight excluding hydrogens is 148 g/mol. The lowest BCUT2D eigenvalue weighted by Gasteiger charge is -2.22. The summed E-state index contributed by atoms with van der Waals surface area (Å²) >= 11 is 0. The first-order valence-electron chi connectivity index (χ1n) is 4.45. The molecule has 0 radical (unpaired) electrons. The Morgan fingerprint density at radius 3 is 1.67 bits per heavy atom. The van der Waals surface area contributed by atoms with Crippen LogP contribution in [0.5, 0.6) is 0 Å². The number of hydrazone groups is 1. The molecule has 2 heteroatoms. The lowest BCUT2D eigenvalue weighted by Crippen LogP contribution is -2.33. The minimum absolute atomic E-state index is 0.0620. The molecule has 0 aliphatic heterocycles. The molecule has 0 spiro atoms. The molecule has 0 saturated carbocycles. The van der Waals surface area contributed by atoms with Gasteiger partial charge in [-0.3, -0.25) is 0 Å². The zero-order valence-corrected chi connectivity index (χ0v) is 9.45. The normalized spacial score (nSPS) is 14.8. The van der Waals surface area contributed by atoms with Gasteiger partial charge in [-0.05, 0) is 27.7 Å². The summed E-state index contributed by atoms with van der Waals surface area (Å²) in [5.74, 6) is 0. The number of hydrogen-bond donors (Lipinski definition) is 1. The number of hydrogen-bond acceptors (Lipinski definition) is 2. The van der Waals surface area contributed by atoms with Crippen molar-refractivity contribution in [2.75, 3.05) is 0 Å². The van der Waals surface area contributed by atoms with Gasteiger partial charge in [-0.1, -0.05) is 20.8 Å². The molecule has 0 aromatic rings. The van der Waals surface area contributed by atoms with Gasteiger partial charge in [0, 0.05) is 16.7 Å². The first-order chi connectivity index (χ1) is 5.13. The van der Waals surface area contributed by atoms with Gasteiger partial charge in [-0.15, -0.1) is 0 Å². The first-order valence-corrected chi connectivity index (χ1v) is 4.45. The van der Waals surface area contributed by atoms with E-state index in [-0.39, 0.29) is 11.0 Å². The summed E-state index contributed by atoms with van der Waals surface area (Å²) in [6, 6.07) is 0. The van der Waals surface area contributed by atoms with Crippen LogP contribution in [-0.2, 0) is 0 Å². The van der Waals surface area contributed by atoms with E-state index in [2.05, 4.69) is 59.0 Å². The summed E-state index contributed by atoms with van der Waals surface area (Å²) < 4.78 is 0. The molecule has 0 unspecified atom stereocenters. The van der Waals surface area contributed by atoms with Crippen molar-refractivity contribution in [3.8, 4) is 0 Å². The van der Waals surface area contributed by atoms with Gasteiger partial charge in [-0.2, -0.15) is 5.10 Å². The second-order valence-corrected chi connectivity index (χ2v) is 5.31. The van der Waals surface area contributed by atoms with Crippen molar-refractivity contribution in [2.24, 2.45) is 10.5 Å². The van der Waals surface area contributed by atoms with E-state index in [1.54, 1.807) is 0 Å². The predicted molar refractivity (Wildman–Crippen MR) is 55.5 cm³/mol. The third-order valence-electron chi connectivity index (χ3n) is 1.64. The number of nitrogens with one attached hydrogen (secondary N) is 1. The minimum atomic E-state index is 0.0620. The van der Waals surface area contributed by atoms with E-state index in [0.29, 0.717) is 0 Å². The SMILES string of the molecule is C/C(=N\NC(C)(C)C)C(C)(C)C. The Morgan fingerprint density at radius 1 is 1.00 bits per heavy atom. The summed E-state index contributed by atoms with van der Waals surface area (Å²) in [6.45, 7) is 14.9. The van der Waals surface area contributed by atoms with Gasteiger partial charge in [0.1, 0.15) is 0 Å². The largest absolute Gasteiger partial charge is 0.305 e. The number of nitrogens with zero attached hydrogens (tertiary/aromatic N) is 1. The molecule has 72 valence electrons. The highest BCUT2D eigenvalue weighted by Gasteiger charge is 2.15. The van der Waals surface area contributed by atoms with Crippen LogP contribution in [0.2, 0.25) is 0 Å². The Kier molecular flexibility index (Phi) is 3.31. The smallest absolute Gasteiger partial charge is 0.0464 e. The van der Waals surface area contributed by atoms with Crippen LogP contribution >= 0.6 is 0 Å². The fraction of sp³-hybridized carbons (Fsp3) is 0.900. The maximum absolute atomic E-state index is 4.33. The third kappa shape index (κ3) is 5.16. The monoisotopic (exact) mass is 170 g/mol. The average Bonchev–Trinajstić information content (AvgIpc) is 1.78. The molecule has 2 nitrogen and oxygen atoms in total. The maximum atomic E-state index is 4.33. The highest BCUT2D eigenvalue weighted by Crippen LogP contribution is 2.15. The lowest BCUT2D eigenvalue weighted by molar-refractivity contribution is 0.434. The summed E-state index contributed by atoms with van der Waals surface area (Å²) in [5, 5.41) is 4.33. The van der Waals surface area contributed by atoms with Crippen molar-refractivity contribution in [2.45, 2.75) is 54.0 Å². The van der Waals surface area contributed by atoms with E-state index in [9.17, 15) is 0 Å². The van der Waals surface area contributed by atoms with Crippen LogP contribution in [0.25, 0.3) is 0 Å². The van der Waals surface area contributed by atoms with E-state index < -0.39 is 0 Å². The third-order valence-corrected chi connectivity index (χ3v) is 1.64. The van der Waals surface area contributed by atoms with E-state index in [4.69, 9.17) is 0 Å². The van der Waals surface area contributed by atoms with Crippen molar-refractivity contribution >= 4 is 5.71 Å². The van der Waals surface area contributed by atoms with Gasteiger partial charge in [0.15, 0.2) is 0 Å².